The van der Waals surface area contributed by atoms with E-state index in [1.165, 1.54) is 0 Å². The molecule has 0 radical (unpaired) electrons. The van der Waals surface area contributed by atoms with Gasteiger partial charge in [-0.25, -0.2) is 0 Å². The molecule has 14 heavy (non-hydrogen) atoms. The number of ether oxygens (including phenoxy) is 1. The van der Waals surface area contributed by atoms with E-state index in [2.05, 4.69) is 10.1 Å². The molecule has 0 fully saturated rings. The minimum atomic E-state index is -0.0209. The van der Waals surface area contributed by atoms with Gasteiger partial charge in [0.25, 0.3) is 0 Å². The van der Waals surface area contributed by atoms with Crippen molar-refractivity contribution in [3.63, 3.8) is 0 Å². The van der Waals surface area contributed by atoms with Crippen molar-refractivity contribution in [3.8, 4) is 0 Å². The maximum atomic E-state index is 5.66. The highest BCUT2D eigenvalue weighted by Crippen LogP contribution is 2.27. The molecule has 74 valence electrons. The summed E-state index contributed by atoms with van der Waals surface area (Å²) in [6.45, 7) is 2.01. The summed E-state index contributed by atoms with van der Waals surface area (Å²) in [6.07, 6.45) is 1.87. The molecule has 1 aliphatic rings. The lowest BCUT2D eigenvalue weighted by atomic mass is 10.2. The lowest BCUT2D eigenvalue weighted by molar-refractivity contribution is 0.0235. The lowest BCUT2D eigenvalue weighted by Gasteiger charge is -2.22. The van der Waals surface area contributed by atoms with Gasteiger partial charge in [-0.2, -0.15) is 5.10 Å². The van der Waals surface area contributed by atoms with Crippen molar-refractivity contribution in [3.05, 3.63) is 18.0 Å². The first-order valence-corrected chi connectivity index (χ1v) is 4.75. The van der Waals surface area contributed by atoms with Crippen LogP contribution >= 0.6 is 0 Å². The number of aromatic nitrogens is 3. The molecule has 0 bridgehead atoms. The van der Waals surface area contributed by atoms with E-state index in [0.717, 1.165) is 23.3 Å². The molecule has 2 aromatic heterocycles. The molecule has 0 unspecified atom stereocenters. The molecular weight excluding hydrogens is 180 g/mol. The fourth-order valence-corrected chi connectivity index (χ4v) is 2.00. The van der Waals surface area contributed by atoms with Gasteiger partial charge < -0.3 is 15.5 Å². The summed E-state index contributed by atoms with van der Waals surface area (Å²) in [6, 6.07) is 1.97. The third-order valence-electron chi connectivity index (χ3n) is 2.63. The van der Waals surface area contributed by atoms with Gasteiger partial charge in [0.05, 0.1) is 24.4 Å². The predicted octanol–water partition coefficient (Wildman–Crippen LogP) is 0.394. The van der Waals surface area contributed by atoms with Crippen molar-refractivity contribution in [1.29, 1.82) is 0 Å². The minimum Gasteiger partial charge on any atom is -0.369 e. The molecule has 3 rings (SSSR count). The molecule has 5 nitrogen and oxygen atoms in total. The Morgan fingerprint density at radius 3 is 3.50 bits per heavy atom. The molecule has 3 heterocycles. The smallest absolute Gasteiger partial charge is 0.113 e. The first-order valence-electron chi connectivity index (χ1n) is 4.75. The Bertz CT molecular complexity index is 458. The highest BCUT2D eigenvalue weighted by molar-refractivity contribution is 5.78. The second kappa shape index (κ2) is 2.83. The third-order valence-corrected chi connectivity index (χ3v) is 2.63. The number of aromatic amines is 1. The van der Waals surface area contributed by atoms with Crippen LogP contribution in [-0.2, 0) is 11.3 Å². The van der Waals surface area contributed by atoms with Crippen molar-refractivity contribution in [2.75, 3.05) is 13.2 Å². The zero-order valence-electron chi connectivity index (χ0n) is 7.73. The molecule has 0 aliphatic carbocycles. The van der Waals surface area contributed by atoms with Gasteiger partial charge in [0.15, 0.2) is 0 Å². The summed E-state index contributed by atoms with van der Waals surface area (Å²) in [5.74, 6) is 0. The van der Waals surface area contributed by atoms with Crippen LogP contribution in [0.25, 0.3) is 11.0 Å². The molecule has 3 N–H and O–H groups in total. The topological polar surface area (TPSA) is 68.9 Å². The molecule has 2 aromatic rings. The van der Waals surface area contributed by atoms with Gasteiger partial charge in [0.2, 0.25) is 0 Å². The summed E-state index contributed by atoms with van der Waals surface area (Å²) in [7, 11) is 0. The molecule has 0 saturated heterocycles. The van der Waals surface area contributed by atoms with E-state index in [-0.39, 0.29) is 6.10 Å². The Morgan fingerprint density at radius 2 is 2.64 bits per heavy atom. The van der Waals surface area contributed by atoms with Crippen molar-refractivity contribution in [2.45, 2.75) is 12.6 Å². The van der Waals surface area contributed by atoms with E-state index in [9.17, 15) is 0 Å². The number of nitrogens with two attached hydrogens (primary N) is 1. The zero-order chi connectivity index (χ0) is 9.54. The van der Waals surface area contributed by atoms with Gasteiger partial charge in [-0.15, -0.1) is 0 Å². The second-order valence-corrected chi connectivity index (χ2v) is 3.44. The number of nitrogens with zero attached hydrogens (tertiary/aromatic N) is 2. The molecule has 5 heteroatoms. The zero-order valence-corrected chi connectivity index (χ0v) is 7.73. The number of nitrogens with one attached hydrogen (secondary N) is 1. The Balaban J connectivity index is 2.24. The second-order valence-electron chi connectivity index (χ2n) is 3.44. The van der Waals surface area contributed by atoms with E-state index in [4.69, 9.17) is 10.5 Å². The van der Waals surface area contributed by atoms with Crippen molar-refractivity contribution < 1.29 is 4.74 Å². The van der Waals surface area contributed by atoms with E-state index >= 15 is 0 Å². The minimum absolute atomic E-state index is 0.0209. The fraction of sp³-hybridized carbons (Fsp3) is 0.444. The van der Waals surface area contributed by atoms with Gasteiger partial charge in [-0.1, -0.05) is 0 Å². The van der Waals surface area contributed by atoms with Gasteiger partial charge in [0.1, 0.15) is 11.6 Å². The third kappa shape index (κ3) is 0.935. The number of hydrogen-bond acceptors (Lipinski definition) is 3. The van der Waals surface area contributed by atoms with Gasteiger partial charge >= 0.3 is 0 Å². The number of H-pyrrole nitrogens is 1. The average molecular weight is 192 g/mol. The largest absolute Gasteiger partial charge is 0.369 e. The number of rotatable bonds is 1. The summed E-state index contributed by atoms with van der Waals surface area (Å²) in [4.78, 5) is 3.17. The quantitative estimate of drug-likeness (QED) is 0.687. The van der Waals surface area contributed by atoms with Crippen molar-refractivity contribution in [1.82, 2.24) is 14.8 Å². The van der Waals surface area contributed by atoms with Crippen LogP contribution in [0.5, 0.6) is 0 Å². The Labute approximate surface area is 80.8 Å². The SMILES string of the molecule is NC[C@H]1OCCn2nc3cc[nH]c3c21. The summed E-state index contributed by atoms with van der Waals surface area (Å²) >= 11 is 0. The van der Waals surface area contributed by atoms with Crippen LogP contribution < -0.4 is 5.73 Å². The van der Waals surface area contributed by atoms with Crippen LogP contribution in [0.3, 0.4) is 0 Å². The Morgan fingerprint density at radius 1 is 1.71 bits per heavy atom. The normalized spacial score (nSPS) is 21.4. The van der Waals surface area contributed by atoms with Crippen LogP contribution in [0.15, 0.2) is 12.3 Å². The highest BCUT2D eigenvalue weighted by Gasteiger charge is 2.24. The first-order chi connectivity index (χ1) is 6.90. The van der Waals surface area contributed by atoms with E-state index < -0.39 is 0 Å². The first kappa shape index (κ1) is 8.02. The molecule has 1 aliphatic heterocycles. The van der Waals surface area contributed by atoms with Crippen LogP contribution in [0.4, 0.5) is 0 Å². The van der Waals surface area contributed by atoms with Gasteiger partial charge in [0, 0.05) is 12.7 Å². The number of fused-ring (bicyclic) bond motifs is 3. The van der Waals surface area contributed by atoms with Gasteiger partial charge in [-0.3, -0.25) is 4.68 Å². The molecule has 0 saturated carbocycles. The standard InChI is InChI=1S/C9H12N4O/c10-5-7-9-8-6(1-2-11-8)12-13(9)3-4-14-7/h1-2,7,11H,3-5,10H2/t7-/m1/s1. The van der Waals surface area contributed by atoms with Crippen molar-refractivity contribution in [2.24, 2.45) is 5.73 Å². The van der Waals surface area contributed by atoms with Gasteiger partial charge in [-0.05, 0) is 6.07 Å². The van der Waals surface area contributed by atoms with Crippen LogP contribution in [0.1, 0.15) is 11.8 Å². The average Bonchev–Trinajstić information content (AvgIpc) is 2.75. The molecule has 1 atom stereocenters. The molecule has 0 amide bonds. The fourth-order valence-electron chi connectivity index (χ4n) is 2.00. The molecular formula is C9H12N4O. The van der Waals surface area contributed by atoms with E-state index in [1.54, 1.807) is 0 Å². The maximum Gasteiger partial charge on any atom is 0.113 e. The van der Waals surface area contributed by atoms with E-state index in [1.807, 2.05) is 16.9 Å². The molecule has 0 spiro atoms. The predicted molar refractivity (Wildman–Crippen MR) is 51.8 cm³/mol. The number of hydrogen-bond donors (Lipinski definition) is 2. The maximum absolute atomic E-state index is 5.66. The molecule has 0 aromatic carbocycles. The summed E-state index contributed by atoms with van der Waals surface area (Å²) in [5.41, 5.74) is 8.78. The Hall–Kier alpha value is -1.33. The van der Waals surface area contributed by atoms with Crippen LogP contribution in [-0.4, -0.2) is 27.9 Å². The van der Waals surface area contributed by atoms with Crippen molar-refractivity contribution >= 4 is 11.0 Å². The Kier molecular flexibility index (Phi) is 1.62. The monoisotopic (exact) mass is 192 g/mol. The van der Waals surface area contributed by atoms with Crippen LogP contribution in [0, 0.1) is 0 Å². The summed E-state index contributed by atoms with van der Waals surface area (Å²) < 4.78 is 7.57. The highest BCUT2D eigenvalue weighted by atomic mass is 16.5. The van der Waals surface area contributed by atoms with Crippen LogP contribution in [0.2, 0.25) is 0 Å². The summed E-state index contributed by atoms with van der Waals surface area (Å²) in [5, 5.41) is 4.46. The van der Waals surface area contributed by atoms with E-state index in [0.29, 0.717) is 13.2 Å². The lowest BCUT2D eigenvalue weighted by Crippen LogP contribution is -2.27.